The first kappa shape index (κ1) is 14.5. The van der Waals surface area contributed by atoms with Crippen molar-refractivity contribution < 1.29 is 19.4 Å². The van der Waals surface area contributed by atoms with Gasteiger partial charge in [-0.05, 0) is 28.1 Å². The lowest BCUT2D eigenvalue weighted by Gasteiger charge is -2.08. The zero-order chi connectivity index (χ0) is 13.4. The number of carboxylic acid groups (broad SMARTS) is 1. The highest BCUT2D eigenvalue weighted by molar-refractivity contribution is 9.10. The summed E-state index contributed by atoms with van der Waals surface area (Å²) in [6.45, 7) is 0.0206. The number of benzene rings is 1. The average molecular weight is 317 g/mol. The number of carbonyl (C=O) groups is 2. The summed E-state index contributed by atoms with van der Waals surface area (Å²) in [6.07, 6.45) is 0. The van der Waals surface area contributed by atoms with E-state index in [0.717, 1.165) is 4.47 Å². The van der Waals surface area contributed by atoms with Gasteiger partial charge in [0.05, 0.1) is 12.3 Å². The molecule has 0 saturated heterocycles. The van der Waals surface area contributed by atoms with Crippen molar-refractivity contribution in [3.8, 4) is 0 Å². The van der Waals surface area contributed by atoms with Gasteiger partial charge in [-0.25, -0.2) is 9.59 Å². The van der Waals surface area contributed by atoms with Crippen LogP contribution in [0, 0.1) is 0 Å². The van der Waals surface area contributed by atoms with Gasteiger partial charge >= 0.3 is 12.0 Å². The van der Waals surface area contributed by atoms with Crippen LogP contribution in [0.3, 0.4) is 0 Å². The molecule has 0 aliphatic carbocycles. The summed E-state index contributed by atoms with van der Waals surface area (Å²) >= 11 is 3.30. The largest absolute Gasteiger partial charge is 0.480 e. The molecule has 0 unspecified atom stereocenters. The molecule has 7 heteroatoms. The second-order valence-electron chi connectivity index (χ2n) is 3.31. The minimum atomic E-state index is -1.03. The molecule has 18 heavy (non-hydrogen) atoms. The van der Waals surface area contributed by atoms with E-state index < -0.39 is 5.97 Å². The highest BCUT2D eigenvalue weighted by atomic mass is 79.9. The number of carboxylic acids is 1. The number of nitrogens with one attached hydrogen (secondary N) is 2. The summed E-state index contributed by atoms with van der Waals surface area (Å²) in [5.41, 5.74) is 0.654. The Morgan fingerprint density at radius 2 is 2.06 bits per heavy atom. The molecule has 0 saturated carbocycles. The number of hydrogen-bond donors (Lipinski definition) is 3. The maximum Gasteiger partial charge on any atom is 0.329 e. The number of halogens is 1. The highest BCUT2D eigenvalue weighted by Gasteiger charge is 2.03. The first-order chi connectivity index (χ1) is 8.59. The van der Waals surface area contributed by atoms with Crippen LogP contribution in [0.25, 0.3) is 0 Å². The number of hydrogen-bond acceptors (Lipinski definition) is 3. The Morgan fingerprint density at radius 1 is 1.33 bits per heavy atom. The topological polar surface area (TPSA) is 87.7 Å². The van der Waals surface area contributed by atoms with Gasteiger partial charge in [0.2, 0.25) is 0 Å². The second kappa shape index (κ2) is 7.67. The van der Waals surface area contributed by atoms with Crippen LogP contribution in [0.4, 0.5) is 10.5 Å². The van der Waals surface area contributed by atoms with E-state index in [1.807, 2.05) is 12.1 Å². The number of anilines is 1. The lowest BCUT2D eigenvalue weighted by molar-refractivity contribution is -0.142. The summed E-state index contributed by atoms with van der Waals surface area (Å²) in [4.78, 5) is 21.6. The van der Waals surface area contributed by atoms with Gasteiger partial charge < -0.3 is 20.5 Å². The average Bonchev–Trinajstić information content (AvgIpc) is 2.31. The summed E-state index contributed by atoms with van der Waals surface area (Å²) in [5, 5.41) is 13.5. The smallest absolute Gasteiger partial charge is 0.329 e. The lowest BCUT2D eigenvalue weighted by atomic mass is 10.3. The van der Waals surface area contributed by atoms with Gasteiger partial charge in [-0.2, -0.15) is 0 Å². The molecule has 3 N–H and O–H groups in total. The molecular weight excluding hydrogens is 304 g/mol. The second-order valence-corrected chi connectivity index (χ2v) is 4.16. The van der Waals surface area contributed by atoms with Gasteiger partial charge in [-0.15, -0.1) is 0 Å². The normalized spacial score (nSPS) is 9.83. The number of aliphatic carboxylic acids is 1. The van der Waals surface area contributed by atoms with Crippen LogP contribution in [0.5, 0.6) is 0 Å². The number of amides is 2. The van der Waals surface area contributed by atoms with Crippen molar-refractivity contribution in [1.82, 2.24) is 5.32 Å². The SMILES string of the molecule is O=C(O)COCCNC(=O)Nc1ccccc1Br. The van der Waals surface area contributed by atoms with E-state index in [-0.39, 0.29) is 25.8 Å². The van der Waals surface area contributed by atoms with Crippen LogP contribution >= 0.6 is 15.9 Å². The van der Waals surface area contributed by atoms with Gasteiger partial charge in [0.15, 0.2) is 0 Å². The minimum absolute atomic E-state index is 0.148. The van der Waals surface area contributed by atoms with Gasteiger partial charge in [0.25, 0.3) is 0 Å². The fourth-order valence-corrected chi connectivity index (χ4v) is 1.51. The van der Waals surface area contributed by atoms with E-state index in [9.17, 15) is 9.59 Å². The molecule has 0 spiro atoms. The Kier molecular flexibility index (Phi) is 6.16. The predicted molar refractivity (Wildman–Crippen MR) is 69.6 cm³/mol. The van der Waals surface area contributed by atoms with Crippen molar-refractivity contribution >= 4 is 33.6 Å². The maximum absolute atomic E-state index is 11.4. The first-order valence-electron chi connectivity index (χ1n) is 5.18. The Balaban J connectivity index is 2.22. The van der Waals surface area contributed by atoms with Crippen molar-refractivity contribution in [1.29, 1.82) is 0 Å². The standard InChI is InChI=1S/C11H13BrN2O4/c12-8-3-1-2-4-9(8)14-11(17)13-5-6-18-7-10(15)16/h1-4H,5-7H2,(H,15,16)(H2,13,14,17). The zero-order valence-corrected chi connectivity index (χ0v) is 11.1. The predicted octanol–water partition coefficient (Wildman–Crippen LogP) is 1.67. The molecule has 1 rings (SSSR count). The van der Waals surface area contributed by atoms with Gasteiger partial charge in [-0.1, -0.05) is 12.1 Å². The quantitative estimate of drug-likeness (QED) is 0.697. The Labute approximate surface area is 112 Å². The number of urea groups is 1. The maximum atomic E-state index is 11.4. The molecule has 2 amide bonds. The third-order valence-corrected chi connectivity index (χ3v) is 2.57. The summed E-state index contributed by atoms with van der Waals surface area (Å²) < 4.78 is 5.55. The monoisotopic (exact) mass is 316 g/mol. The molecule has 0 heterocycles. The van der Waals surface area contributed by atoms with Crippen LogP contribution in [-0.2, 0) is 9.53 Å². The Hall–Kier alpha value is -1.60. The van der Waals surface area contributed by atoms with Crippen molar-refractivity contribution in [3.63, 3.8) is 0 Å². The molecule has 1 aromatic rings. The van der Waals surface area contributed by atoms with Crippen LogP contribution in [-0.4, -0.2) is 36.9 Å². The molecule has 0 bridgehead atoms. The fourth-order valence-electron chi connectivity index (χ4n) is 1.13. The molecule has 1 aromatic carbocycles. The molecule has 0 atom stereocenters. The van der Waals surface area contributed by atoms with Crippen LogP contribution < -0.4 is 10.6 Å². The summed E-state index contributed by atoms with van der Waals surface area (Å²) in [7, 11) is 0. The van der Waals surface area contributed by atoms with Crippen molar-refractivity contribution in [2.45, 2.75) is 0 Å². The van der Waals surface area contributed by atoms with E-state index in [1.165, 1.54) is 0 Å². The van der Waals surface area contributed by atoms with E-state index in [1.54, 1.807) is 12.1 Å². The Morgan fingerprint density at radius 3 is 2.72 bits per heavy atom. The van der Waals surface area contributed by atoms with Crippen LogP contribution in [0.15, 0.2) is 28.7 Å². The van der Waals surface area contributed by atoms with Crippen LogP contribution in [0.2, 0.25) is 0 Å². The number of para-hydroxylation sites is 1. The molecule has 0 aliphatic heterocycles. The molecular formula is C11H13BrN2O4. The van der Waals surface area contributed by atoms with Gasteiger partial charge in [0.1, 0.15) is 6.61 Å². The van der Waals surface area contributed by atoms with Crippen LogP contribution in [0.1, 0.15) is 0 Å². The number of ether oxygens (including phenoxy) is 1. The molecule has 6 nitrogen and oxygen atoms in total. The number of carbonyl (C=O) groups excluding carboxylic acids is 1. The van der Waals surface area contributed by atoms with Gasteiger partial charge in [0, 0.05) is 11.0 Å². The van der Waals surface area contributed by atoms with Crippen molar-refractivity contribution in [2.75, 3.05) is 25.1 Å². The van der Waals surface area contributed by atoms with Crippen molar-refractivity contribution in [3.05, 3.63) is 28.7 Å². The fraction of sp³-hybridized carbons (Fsp3) is 0.273. The Bertz CT molecular complexity index is 425. The van der Waals surface area contributed by atoms with E-state index >= 15 is 0 Å². The zero-order valence-electron chi connectivity index (χ0n) is 9.48. The third kappa shape index (κ3) is 5.65. The first-order valence-corrected chi connectivity index (χ1v) is 5.98. The molecule has 98 valence electrons. The lowest BCUT2D eigenvalue weighted by Crippen LogP contribution is -2.32. The van der Waals surface area contributed by atoms with Crippen molar-refractivity contribution in [2.24, 2.45) is 0 Å². The molecule has 0 aliphatic rings. The van der Waals surface area contributed by atoms with E-state index in [0.29, 0.717) is 5.69 Å². The van der Waals surface area contributed by atoms with E-state index in [2.05, 4.69) is 26.6 Å². The molecule has 0 fully saturated rings. The minimum Gasteiger partial charge on any atom is -0.480 e. The number of rotatable bonds is 6. The van der Waals surface area contributed by atoms with Gasteiger partial charge in [-0.3, -0.25) is 0 Å². The highest BCUT2D eigenvalue weighted by Crippen LogP contribution is 2.20. The molecule has 0 aromatic heterocycles. The summed E-state index contributed by atoms with van der Waals surface area (Å²) in [5.74, 6) is -1.03. The third-order valence-electron chi connectivity index (χ3n) is 1.88. The molecule has 0 radical (unpaired) electrons. The summed E-state index contributed by atoms with van der Waals surface area (Å²) in [6, 6.07) is 6.83. The van der Waals surface area contributed by atoms with E-state index in [4.69, 9.17) is 9.84 Å².